The quantitative estimate of drug-likeness (QED) is 0.557. The van der Waals surface area contributed by atoms with E-state index in [-0.39, 0.29) is 11.5 Å². The maximum absolute atomic E-state index is 13.0. The topological polar surface area (TPSA) is 76.9 Å². The Bertz CT molecular complexity index is 1220. The smallest absolute Gasteiger partial charge is 0.272 e. The van der Waals surface area contributed by atoms with Gasteiger partial charge in [0.2, 0.25) is 5.91 Å². The minimum atomic E-state index is -0.691. The van der Waals surface area contributed by atoms with Crippen molar-refractivity contribution in [3.05, 3.63) is 64.3 Å². The van der Waals surface area contributed by atoms with Crippen LogP contribution in [0.2, 0.25) is 5.02 Å². The van der Waals surface area contributed by atoms with E-state index in [1.165, 1.54) is 22.2 Å². The van der Waals surface area contributed by atoms with Gasteiger partial charge in [0, 0.05) is 11.6 Å². The van der Waals surface area contributed by atoms with Gasteiger partial charge in [0.1, 0.15) is 15.6 Å². The highest BCUT2D eigenvalue weighted by Crippen LogP contribution is 2.29. The maximum atomic E-state index is 13.0. The molecule has 0 saturated carbocycles. The van der Waals surface area contributed by atoms with Crippen molar-refractivity contribution in [1.29, 1.82) is 0 Å². The Morgan fingerprint density at radius 3 is 2.85 bits per heavy atom. The minimum absolute atomic E-state index is 0.246. The van der Waals surface area contributed by atoms with Crippen LogP contribution in [0.1, 0.15) is 19.4 Å². The first-order valence-electron chi connectivity index (χ1n) is 8.40. The van der Waals surface area contributed by atoms with Crippen LogP contribution in [0.25, 0.3) is 20.4 Å². The zero-order valence-electron chi connectivity index (χ0n) is 14.3. The molecule has 0 aliphatic heterocycles. The van der Waals surface area contributed by atoms with Crippen molar-refractivity contribution in [2.24, 2.45) is 0 Å². The SMILES string of the molecule is CC[C@@H](C(=O)Nc1ccccc1Cl)n1cnc2c(sc3ncccc32)c1=O. The predicted octanol–water partition coefficient (Wildman–Crippen LogP) is 4.25. The number of hydrogen-bond donors (Lipinski definition) is 1. The third-order valence-corrected chi connectivity index (χ3v) is 5.76. The molecule has 0 aliphatic carbocycles. The molecule has 4 rings (SSSR count). The molecular formula is C19H15ClN4O2S. The second-order valence-corrected chi connectivity index (χ2v) is 7.39. The van der Waals surface area contributed by atoms with Gasteiger partial charge in [0.05, 0.1) is 22.6 Å². The first kappa shape index (κ1) is 17.6. The summed E-state index contributed by atoms with van der Waals surface area (Å²) in [4.78, 5) is 35.3. The summed E-state index contributed by atoms with van der Waals surface area (Å²) in [6, 6.07) is 9.99. The number of halogens is 1. The molecule has 1 amide bonds. The van der Waals surface area contributed by atoms with Crippen molar-refractivity contribution < 1.29 is 4.79 Å². The van der Waals surface area contributed by atoms with Crippen molar-refractivity contribution in [1.82, 2.24) is 14.5 Å². The second-order valence-electron chi connectivity index (χ2n) is 5.99. The molecule has 0 fully saturated rings. The molecule has 0 aliphatic rings. The molecule has 4 aromatic rings. The highest BCUT2D eigenvalue weighted by atomic mass is 35.5. The normalized spacial score (nSPS) is 12.4. The Morgan fingerprint density at radius 1 is 1.26 bits per heavy atom. The molecule has 0 bridgehead atoms. The van der Waals surface area contributed by atoms with Crippen LogP contribution in [0.4, 0.5) is 5.69 Å². The number of pyridine rings is 1. The number of carbonyl (C=O) groups is 1. The molecule has 3 heterocycles. The van der Waals surface area contributed by atoms with E-state index in [0.717, 1.165) is 10.2 Å². The highest BCUT2D eigenvalue weighted by molar-refractivity contribution is 7.25. The summed E-state index contributed by atoms with van der Waals surface area (Å²) in [6.07, 6.45) is 3.55. The number of rotatable bonds is 4. The molecule has 1 N–H and O–H groups in total. The molecule has 136 valence electrons. The summed E-state index contributed by atoms with van der Waals surface area (Å²) < 4.78 is 1.87. The largest absolute Gasteiger partial charge is 0.323 e. The van der Waals surface area contributed by atoms with Crippen molar-refractivity contribution >= 4 is 55.0 Å². The lowest BCUT2D eigenvalue weighted by atomic mass is 10.2. The number of anilines is 1. The van der Waals surface area contributed by atoms with Crippen LogP contribution in [0.3, 0.4) is 0 Å². The Morgan fingerprint density at radius 2 is 2.07 bits per heavy atom. The van der Waals surface area contributed by atoms with Gasteiger partial charge < -0.3 is 5.32 Å². The monoisotopic (exact) mass is 398 g/mol. The Balaban J connectivity index is 1.76. The van der Waals surface area contributed by atoms with E-state index >= 15 is 0 Å². The number of aromatic nitrogens is 3. The minimum Gasteiger partial charge on any atom is -0.323 e. The van der Waals surface area contributed by atoms with E-state index in [1.807, 2.05) is 19.1 Å². The number of hydrogen-bond acceptors (Lipinski definition) is 5. The van der Waals surface area contributed by atoms with Crippen molar-refractivity contribution in [2.45, 2.75) is 19.4 Å². The average molecular weight is 399 g/mol. The van der Waals surface area contributed by atoms with Crippen LogP contribution in [0.15, 0.2) is 53.7 Å². The van der Waals surface area contributed by atoms with Crippen molar-refractivity contribution in [3.63, 3.8) is 0 Å². The molecular weight excluding hydrogens is 384 g/mol. The molecule has 6 nitrogen and oxygen atoms in total. The second kappa shape index (κ2) is 7.09. The zero-order valence-corrected chi connectivity index (χ0v) is 15.9. The van der Waals surface area contributed by atoms with Gasteiger partial charge >= 0.3 is 0 Å². The van der Waals surface area contributed by atoms with Gasteiger partial charge in [-0.2, -0.15) is 0 Å². The molecule has 3 aromatic heterocycles. The number of benzene rings is 1. The van der Waals surface area contributed by atoms with E-state index < -0.39 is 6.04 Å². The van der Waals surface area contributed by atoms with Gasteiger partial charge in [-0.1, -0.05) is 30.7 Å². The van der Waals surface area contributed by atoms with Gasteiger partial charge in [-0.25, -0.2) is 9.97 Å². The standard InChI is InChI=1S/C19H15ClN4O2S/c1-2-14(17(25)23-13-8-4-3-7-12(13)20)24-10-22-15-11-6-5-9-21-18(11)27-16(15)19(24)26/h3-10,14H,2H2,1H3,(H,23,25)/t14-/m0/s1. The number of para-hydroxylation sites is 1. The summed E-state index contributed by atoms with van der Waals surface area (Å²) in [5.74, 6) is -0.312. The van der Waals surface area contributed by atoms with E-state index in [0.29, 0.717) is 27.3 Å². The summed E-state index contributed by atoms with van der Waals surface area (Å²) in [6.45, 7) is 1.85. The molecule has 0 saturated heterocycles. The van der Waals surface area contributed by atoms with Gasteiger partial charge in [0.25, 0.3) is 5.56 Å². The lowest BCUT2D eigenvalue weighted by molar-refractivity contribution is -0.119. The Kier molecular flexibility index (Phi) is 4.63. The summed E-state index contributed by atoms with van der Waals surface area (Å²) in [7, 11) is 0. The Labute approximate surface area is 163 Å². The van der Waals surface area contributed by atoms with E-state index in [2.05, 4.69) is 15.3 Å². The van der Waals surface area contributed by atoms with Crippen molar-refractivity contribution in [2.75, 3.05) is 5.32 Å². The number of carbonyl (C=O) groups excluding carboxylic acids is 1. The van der Waals surface area contributed by atoms with Crippen LogP contribution in [-0.2, 0) is 4.79 Å². The van der Waals surface area contributed by atoms with E-state index in [4.69, 9.17) is 11.6 Å². The molecule has 8 heteroatoms. The predicted molar refractivity (Wildman–Crippen MR) is 109 cm³/mol. The maximum Gasteiger partial charge on any atom is 0.272 e. The molecule has 0 radical (unpaired) electrons. The molecule has 27 heavy (non-hydrogen) atoms. The molecule has 0 spiro atoms. The first-order valence-corrected chi connectivity index (χ1v) is 9.59. The van der Waals surface area contributed by atoms with Crippen LogP contribution < -0.4 is 10.9 Å². The fraction of sp³-hybridized carbons (Fsp3) is 0.158. The summed E-state index contributed by atoms with van der Waals surface area (Å²) >= 11 is 7.40. The highest BCUT2D eigenvalue weighted by Gasteiger charge is 2.23. The Hall–Kier alpha value is -2.77. The van der Waals surface area contributed by atoms with Crippen LogP contribution in [0.5, 0.6) is 0 Å². The van der Waals surface area contributed by atoms with Gasteiger partial charge in [0.15, 0.2) is 0 Å². The molecule has 1 atom stereocenters. The number of nitrogens with one attached hydrogen (secondary N) is 1. The first-order chi connectivity index (χ1) is 13.1. The fourth-order valence-corrected chi connectivity index (χ4v) is 4.21. The van der Waals surface area contributed by atoms with Gasteiger partial charge in [-0.05, 0) is 30.7 Å². The molecule has 0 unspecified atom stereocenters. The average Bonchev–Trinajstić information content (AvgIpc) is 3.06. The third kappa shape index (κ3) is 3.09. The number of amides is 1. The molecule has 1 aromatic carbocycles. The van der Waals surface area contributed by atoms with Crippen LogP contribution >= 0.6 is 22.9 Å². The number of thiophene rings is 1. The summed E-state index contributed by atoms with van der Waals surface area (Å²) in [5, 5.41) is 4.08. The zero-order chi connectivity index (χ0) is 19.0. The fourth-order valence-electron chi connectivity index (χ4n) is 2.99. The van der Waals surface area contributed by atoms with E-state index in [1.54, 1.807) is 30.5 Å². The number of fused-ring (bicyclic) bond motifs is 3. The van der Waals surface area contributed by atoms with Gasteiger partial charge in [-0.15, -0.1) is 11.3 Å². The van der Waals surface area contributed by atoms with Crippen molar-refractivity contribution in [3.8, 4) is 0 Å². The van der Waals surface area contributed by atoms with E-state index in [9.17, 15) is 9.59 Å². The third-order valence-electron chi connectivity index (χ3n) is 4.34. The summed E-state index contributed by atoms with van der Waals surface area (Å²) in [5.41, 5.74) is 0.880. The van der Waals surface area contributed by atoms with Crippen LogP contribution in [0, 0.1) is 0 Å². The lowest BCUT2D eigenvalue weighted by Crippen LogP contribution is -2.33. The number of nitrogens with zero attached hydrogens (tertiary/aromatic N) is 3. The van der Waals surface area contributed by atoms with Gasteiger partial charge in [-0.3, -0.25) is 14.2 Å². The van der Waals surface area contributed by atoms with Crippen LogP contribution in [-0.4, -0.2) is 20.4 Å². The lowest BCUT2D eigenvalue weighted by Gasteiger charge is -2.18.